The Hall–Kier alpha value is -3.65. The van der Waals surface area contributed by atoms with Gasteiger partial charge in [0.15, 0.2) is 6.61 Å². The second kappa shape index (κ2) is 9.03. The smallest absolute Gasteiger partial charge is 0.331 e. The normalized spacial score (nSPS) is 10.8. The molecule has 3 rings (SSSR count). The molecule has 29 heavy (non-hydrogen) atoms. The Morgan fingerprint density at radius 1 is 1.10 bits per heavy atom. The quantitative estimate of drug-likeness (QED) is 0.459. The third-order valence-electron chi connectivity index (χ3n) is 4.01. The fourth-order valence-corrected chi connectivity index (χ4v) is 3.39. The van der Waals surface area contributed by atoms with Crippen LogP contribution in [-0.2, 0) is 14.3 Å². The van der Waals surface area contributed by atoms with Crippen molar-refractivity contribution in [1.29, 1.82) is 0 Å². The first-order chi connectivity index (χ1) is 14.0. The summed E-state index contributed by atoms with van der Waals surface area (Å²) >= 11 is 1.16. The summed E-state index contributed by atoms with van der Waals surface area (Å²) in [5.74, 6) is -1.09. The van der Waals surface area contributed by atoms with Crippen LogP contribution in [0.2, 0.25) is 0 Å². The molecule has 8 heteroatoms. The number of hydrogen-bond donors (Lipinski definition) is 2. The van der Waals surface area contributed by atoms with Gasteiger partial charge in [-0.05, 0) is 52.1 Å². The molecule has 3 aromatic rings. The zero-order valence-corrected chi connectivity index (χ0v) is 16.3. The van der Waals surface area contributed by atoms with Gasteiger partial charge < -0.3 is 20.5 Å². The minimum atomic E-state index is -0.656. The molecule has 1 heterocycles. The standard InChI is InChI=1S/C21H18N2O5S/c1-27-16-6-5-14-10-13(2-4-15(14)11-16)3-7-19(25)28-12-18(24)23-21-17(20(22)26)8-9-29-21/h2-11H,12H2,1H3,(H2,22,26)(H,23,24)/b7-3+. The summed E-state index contributed by atoms with van der Waals surface area (Å²) in [6.45, 7) is -0.475. The van der Waals surface area contributed by atoms with Crippen LogP contribution in [-0.4, -0.2) is 31.5 Å². The molecule has 148 valence electrons. The Labute approximate surface area is 170 Å². The molecule has 0 fully saturated rings. The fourth-order valence-electron chi connectivity index (χ4n) is 2.58. The number of ether oxygens (including phenoxy) is 2. The monoisotopic (exact) mass is 410 g/mol. The van der Waals surface area contributed by atoms with Gasteiger partial charge in [-0.3, -0.25) is 9.59 Å². The Kier molecular flexibility index (Phi) is 6.25. The summed E-state index contributed by atoms with van der Waals surface area (Å²) in [6, 6.07) is 12.9. The molecular formula is C21H18N2O5S. The van der Waals surface area contributed by atoms with Crippen LogP contribution < -0.4 is 15.8 Å². The maximum Gasteiger partial charge on any atom is 0.331 e. The third kappa shape index (κ3) is 5.20. The van der Waals surface area contributed by atoms with Crippen LogP contribution in [0.3, 0.4) is 0 Å². The van der Waals surface area contributed by atoms with Gasteiger partial charge in [-0.2, -0.15) is 0 Å². The second-order valence-corrected chi connectivity index (χ2v) is 6.91. The van der Waals surface area contributed by atoms with E-state index < -0.39 is 24.4 Å². The number of carbonyl (C=O) groups excluding carboxylic acids is 3. The Balaban J connectivity index is 1.55. The fraction of sp³-hybridized carbons (Fsp3) is 0.0952. The number of primary amides is 1. The maximum absolute atomic E-state index is 11.9. The zero-order valence-electron chi connectivity index (χ0n) is 15.5. The highest BCUT2D eigenvalue weighted by atomic mass is 32.1. The molecule has 3 N–H and O–H groups in total. The number of fused-ring (bicyclic) bond motifs is 1. The molecular weight excluding hydrogens is 392 g/mol. The number of hydrogen-bond acceptors (Lipinski definition) is 6. The lowest BCUT2D eigenvalue weighted by molar-refractivity contribution is -0.142. The summed E-state index contributed by atoms with van der Waals surface area (Å²) in [6.07, 6.45) is 2.85. The van der Waals surface area contributed by atoms with Crippen molar-refractivity contribution < 1.29 is 23.9 Å². The summed E-state index contributed by atoms with van der Waals surface area (Å²) in [5.41, 5.74) is 6.24. The first kappa shape index (κ1) is 20.1. The Morgan fingerprint density at radius 2 is 1.86 bits per heavy atom. The average molecular weight is 410 g/mol. The van der Waals surface area contributed by atoms with E-state index in [1.807, 2.05) is 36.4 Å². The van der Waals surface area contributed by atoms with Gasteiger partial charge in [0.1, 0.15) is 10.8 Å². The van der Waals surface area contributed by atoms with Gasteiger partial charge >= 0.3 is 5.97 Å². The minimum absolute atomic E-state index is 0.212. The number of methoxy groups -OCH3 is 1. The number of rotatable bonds is 7. The van der Waals surface area contributed by atoms with E-state index in [0.717, 1.165) is 33.4 Å². The van der Waals surface area contributed by atoms with Crippen molar-refractivity contribution in [3.8, 4) is 5.75 Å². The lowest BCUT2D eigenvalue weighted by Gasteiger charge is -2.05. The predicted octanol–water partition coefficient (Wildman–Crippen LogP) is 3.20. The van der Waals surface area contributed by atoms with E-state index >= 15 is 0 Å². The number of nitrogens with one attached hydrogen (secondary N) is 1. The van der Waals surface area contributed by atoms with E-state index in [-0.39, 0.29) is 5.56 Å². The first-order valence-corrected chi connectivity index (χ1v) is 9.44. The molecule has 0 saturated heterocycles. The molecule has 1 aromatic heterocycles. The first-order valence-electron chi connectivity index (χ1n) is 8.56. The second-order valence-electron chi connectivity index (χ2n) is 5.99. The van der Waals surface area contributed by atoms with Crippen molar-refractivity contribution in [1.82, 2.24) is 0 Å². The van der Waals surface area contributed by atoms with Gasteiger partial charge in [0.2, 0.25) is 0 Å². The number of anilines is 1. The van der Waals surface area contributed by atoms with Gasteiger partial charge in [-0.15, -0.1) is 11.3 Å². The van der Waals surface area contributed by atoms with Crippen LogP contribution in [0.25, 0.3) is 16.8 Å². The summed E-state index contributed by atoms with van der Waals surface area (Å²) in [5, 5.41) is 6.47. The lowest BCUT2D eigenvalue weighted by atomic mass is 10.1. The molecule has 0 aliphatic heterocycles. The highest BCUT2D eigenvalue weighted by Crippen LogP contribution is 2.23. The van der Waals surface area contributed by atoms with E-state index in [9.17, 15) is 14.4 Å². The zero-order chi connectivity index (χ0) is 20.8. The SMILES string of the molecule is COc1ccc2cc(/C=C/C(=O)OCC(=O)Nc3sccc3C(N)=O)ccc2c1. The van der Waals surface area contributed by atoms with E-state index in [4.69, 9.17) is 15.2 Å². The van der Waals surface area contributed by atoms with E-state index in [2.05, 4.69) is 5.32 Å². The van der Waals surface area contributed by atoms with Crippen molar-refractivity contribution in [3.63, 3.8) is 0 Å². The van der Waals surface area contributed by atoms with Crippen molar-refractivity contribution in [2.24, 2.45) is 5.73 Å². The lowest BCUT2D eigenvalue weighted by Crippen LogP contribution is -2.21. The number of nitrogens with two attached hydrogens (primary N) is 1. The van der Waals surface area contributed by atoms with Crippen LogP contribution in [0.5, 0.6) is 5.75 Å². The summed E-state index contributed by atoms with van der Waals surface area (Å²) in [7, 11) is 1.61. The minimum Gasteiger partial charge on any atom is -0.497 e. The highest BCUT2D eigenvalue weighted by molar-refractivity contribution is 7.14. The van der Waals surface area contributed by atoms with Crippen LogP contribution in [0.15, 0.2) is 53.9 Å². The van der Waals surface area contributed by atoms with Gasteiger partial charge in [-0.25, -0.2) is 4.79 Å². The number of amides is 2. The number of carbonyl (C=O) groups is 3. The predicted molar refractivity (Wildman–Crippen MR) is 112 cm³/mol. The molecule has 0 spiro atoms. The van der Waals surface area contributed by atoms with Crippen molar-refractivity contribution in [2.75, 3.05) is 19.0 Å². The Morgan fingerprint density at radius 3 is 2.62 bits per heavy atom. The maximum atomic E-state index is 11.9. The molecule has 7 nitrogen and oxygen atoms in total. The largest absolute Gasteiger partial charge is 0.497 e. The molecule has 0 saturated carbocycles. The topological polar surface area (TPSA) is 108 Å². The third-order valence-corrected chi connectivity index (χ3v) is 4.84. The molecule has 0 bridgehead atoms. The molecule has 2 amide bonds. The van der Waals surface area contributed by atoms with E-state index in [0.29, 0.717) is 5.00 Å². The van der Waals surface area contributed by atoms with Crippen LogP contribution in [0.1, 0.15) is 15.9 Å². The van der Waals surface area contributed by atoms with E-state index in [1.54, 1.807) is 18.6 Å². The van der Waals surface area contributed by atoms with Gasteiger partial charge in [0.05, 0.1) is 12.7 Å². The van der Waals surface area contributed by atoms with Crippen molar-refractivity contribution in [2.45, 2.75) is 0 Å². The number of benzene rings is 2. The molecule has 2 aromatic carbocycles. The van der Waals surface area contributed by atoms with E-state index in [1.165, 1.54) is 12.1 Å². The molecule has 0 aliphatic carbocycles. The van der Waals surface area contributed by atoms with Gasteiger partial charge in [0, 0.05) is 6.08 Å². The number of thiophene rings is 1. The van der Waals surface area contributed by atoms with Crippen LogP contribution >= 0.6 is 11.3 Å². The van der Waals surface area contributed by atoms with Crippen molar-refractivity contribution in [3.05, 3.63) is 65.0 Å². The van der Waals surface area contributed by atoms with Gasteiger partial charge in [0.25, 0.3) is 11.8 Å². The molecule has 0 atom stereocenters. The molecule has 0 radical (unpaired) electrons. The Bertz CT molecular complexity index is 1100. The average Bonchev–Trinajstić information content (AvgIpc) is 3.18. The summed E-state index contributed by atoms with van der Waals surface area (Å²) < 4.78 is 10.1. The highest BCUT2D eigenvalue weighted by Gasteiger charge is 2.13. The molecule has 0 aliphatic rings. The van der Waals surface area contributed by atoms with Gasteiger partial charge in [-0.1, -0.05) is 18.2 Å². The molecule has 0 unspecified atom stereocenters. The summed E-state index contributed by atoms with van der Waals surface area (Å²) in [4.78, 5) is 35.0. The van der Waals surface area contributed by atoms with Crippen LogP contribution in [0.4, 0.5) is 5.00 Å². The number of esters is 1. The van der Waals surface area contributed by atoms with Crippen molar-refractivity contribution >= 4 is 51.0 Å². The van der Waals surface area contributed by atoms with Crippen LogP contribution in [0, 0.1) is 0 Å².